The lowest BCUT2D eigenvalue weighted by atomic mass is 10.1. The van der Waals surface area contributed by atoms with Crippen LogP contribution >= 0.6 is 11.6 Å². The van der Waals surface area contributed by atoms with E-state index in [1.807, 2.05) is 12.1 Å². The number of ether oxygens (including phenoxy) is 1. The molecule has 1 rings (SSSR count). The van der Waals surface area contributed by atoms with Gasteiger partial charge < -0.3 is 15.2 Å². The normalized spacial score (nSPS) is 14.4. The Labute approximate surface area is 108 Å². The van der Waals surface area contributed by atoms with Crippen LogP contribution in [0, 0.1) is 0 Å². The van der Waals surface area contributed by atoms with Gasteiger partial charge in [0.05, 0.1) is 5.02 Å². The smallest absolute Gasteiger partial charge is 0.138 e. The quantitative estimate of drug-likeness (QED) is 0.738. The molecule has 96 valence electrons. The molecule has 1 atom stereocenters. The highest BCUT2D eigenvalue weighted by Crippen LogP contribution is 2.23. The van der Waals surface area contributed by atoms with Gasteiger partial charge in [0.1, 0.15) is 18.0 Å². The third kappa shape index (κ3) is 5.39. The van der Waals surface area contributed by atoms with Gasteiger partial charge in [-0.3, -0.25) is 0 Å². The fourth-order valence-corrected chi connectivity index (χ4v) is 1.57. The Morgan fingerprint density at radius 3 is 2.76 bits per heavy atom. The van der Waals surface area contributed by atoms with Crippen LogP contribution in [0.25, 0.3) is 0 Å². The first-order chi connectivity index (χ1) is 8.05. The van der Waals surface area contributed by atoms with Crippen LogP contribution < -0.4 is 10.1 Å². The number of rotatable bonds is 7. The molecule has 3 nitrogen and oxygen atoms in total. The molecule has 0 aliphatic rings. The molecule has 1 unspecified atom stereocenters. The molecule has 0 aliphatic heterocycles. The minimum Gasteiger partial charge on any atom is -0.489 e. The van der Waals surface area contributed by atoms with Crippen LogP contribution in [0.4, 0.5) is 0 Å². The van der Waals surface area contributed by atoms with Crippen molar-refractivity contribution in [2.24, 2.45) is 0 Å². The van der Waals surface area contributed by atoms with Gasteiger partial charge in [0.25, 0.3) is 0 Å². The molecule has 0 heterocycles. The SMILES string of the molecule is CCCNCC(C)(O)COc1ccccc1Cl. The summed E-state index contributed by atoms with van der Waals surface area (Å²) in [6.45, 7) is 5.44. The minimum atomic E-state index is -0.895. The van der Waals surface area contributed by atoms with Crippen molar-refractivity contribution in [3.8, 4) is 5.75 Å². The van der Waals surface area contributed by atoms with E-state index in [0.29, 0.717) is 17.3 Å². The van der Waals surface area contributed by atoms with Gasteiger partial charge in [-0.1, -0.05) is 30.7 Å². The summed E-state index contributed by atoms with van der Waals surface area (Å²) in [6, 6.07) is 7.25. The first-order valence-corrected chi connectivity index (χ1v) is 6.23. The maximum absolute atomic E-state index is 10.1. The summed E-state index contributed by atoms with van der Waals surface area (Å²) in [5, 5.41) is 13.8. The van der Waals surface area contributed by atoms with Crippen molar-refractivity contribution < 1.29 is 9.84 Å². The van der Waals surface area contributed by atoms with E-state index in [2.05, 4.69) is 12.2 Å². The highest BCUT2D eigenvalue weighted by molar-refractivity contribution is 6.32. The molecule has 2 N–H and O–H groups in total. The lowest BCUT2D eigenvalue weighted by Crippen LogP contribution is -2.43. The molecule has 1 aromatic carbocycles. The molecular formula is C13H20ClNO2. The Kier molecular flexibility index (Phi) is 5.75. The largest absolute Gasteiger partial charge is 0.489 e. The third-order valence-electron chi connectivity index (χ3n) is 2.31. The third-order valence-corrected chi connectivity index (χ3v) is 2.62. The zero-order valence-electron chi connectivity index (χ0n) is 10.4. The van der Waals surface area contributed by atoms with Crippen molar-refractivity contribution in [1.29, 1.82) is 0 Å². The first kappa shape index (κ1) is 14.3. The maximum atomic E-state index is 10.1. The highest BCUT2D eigenvalue weighted by atomic mass is 35.5. The lowest BCUT2D eigenvalue weighted by Gasteiger charge is -2.24. The zero-order valence-corrected chi connectivity index (χ0v) is 11.1. The molecule has 0 saturated carbocycles. The van der Waals surface area contributed by atoms with E-state index in [0.717, 1.165) is 13.0 Å². The van der Waals surface area contributed by atoms with Crippen LogP contribution in [0.1, 0.15) is 20.3 Å². The van der Waals surface area contributed by atoms with Crippen LogP contribution in [0.3, 0.4) is 0 Å². The minimum absolute atomic E-state index is 0.216. The van der Waals surface area contributed by atoms with E-state index in [-0.39, 0.29) is 6.61 Å². The van der Waals surface area contributed by atoms with E-state index in [9.17, 15) is 5.11 Å². The van der Waals surface area contributed by atoms with E-state index in [1.165, 1.54) is 0 Å². The fourth-order valence-electron chi connectivity index (χ4n) is 1.38. The van der Waals surface area contributed by atoms with Crippen LogP contribution in [0.5, 0.6) is 5.75 Å². The van der Waals surface area contributed by atoms with Crippen LogP contribution in [-0.2, 0) is 0 Å². The average Bonchev–Trinajstić information content (AvgIpc) is 2.28. The van der Waals surface area contributed by atoms with Gasteiger partial charge in [-0.05, 0) is 32.0 Å². The molecule has 0 aliphatic carbocycles. The molecular weight excluding hydrogens is 238 g/mol. The molecule has 0 radical (unpaired) electrons. The topological polar surface area (TPSA) is 41.5 Å². The summed E-state index contributed by atoms with van der Waals surface area (Å²) in [5.41, 5.74) is -0.895. The van der Waals surface area contributed by atoms with Crippen molar-refractivity contribution in [3.63, 3.8) is 0 Å². The Bertz CT molecular complexity index is 342. The second-order valence-corrected chi connectivity index (χ2v) is 4.80. The fraction of sp³-hybridized carbons (Fsp3) is 0.538. The van der Waals surface area contributed by atoms with E-state index >= 15 is 0 Å². The number of halogens is 1. The number of para-hydroxylation sites is 1. The van der Waals surface area contributed by atoms with E-state index in [1.54, 1.807) is 19.1 Å². The summed E-state index contributed by atoms with van der Waals surface area (Å²) in [4.78, 5) is 0. The van der Waals surface area contributed by atoms with Gasteiger partial charge in [-0.2, -0.15) is 0 Å². The summed E-state index contributed by atoms with van der Waals surface area (Å²) >= 11 is 5.96. The molecule has 0 spiro atoms. The Balaban J connectivity index is 2.41. The Hall–Kier alpha value is -0.770. The summed E-state index contributed by atoms with van der Waals surface area (Å²) in [7, 11) is 0. The molecule has 4 heteroatoms. The van der Waals surface area contributed by atoms with E-state index in [4.69, 9.17) is 16.3 Å². The highest BCUT2D eigenvalue weighted by Gasteiger charge is 2.21. The first-order valence-electron chi connectivity index (χ1n) is 5.85. The van der Waals surface area contributed by atoms with Gasteiger partial charge in [0, 0.05) is 6.54 Å². The average molecular weight is 258 g/mol. The van der Waals surface area contributed by atoms with Crippen LogP contribution in [0.15, 0.2) is 24.3 Å². The van der Waals surface area contributed by atoms with Crippen LogP contribution in [0.2, 0.25) is 5.02 Å². The second-order valence-electron chi connectivity index (χ2n) is 4.39. The predicted molar refractivity (Wildman–Crippen MR) is 70.7 cm³/mol. The number of hydrogen-bond donors (Lipinski definition) is 2. The zero-order chi connectivity index (χ0) is 12.7. The number of benzene rings is 1. The second kappa shape index (κ2) is 6.84. The molecule has 0 aromatic heterocycles. The van der Waals surface area contributed by atoms with Crippen molar-refractivity contribution in [1.82, 2.24) is 5.32 Å². The molecule has 1 aromatic rings. The molecule has 17 heavy (non-hydrogen) atoms. The lowest BCUT2D eigenvalue weighted by molar-refractivity contribution is 0.0125. The molecule has 0 bridgehead atoms. The van der Waals surface area contributed by atoms with Crippen molar-refractivity contribution >= 4 is 11.6 Å². The van der Waals surface area contributed by atoms with Crippen LogP contribution in [-0.4, -0.2) is 30.4 Å². The number of hydrogen-bond acceptors (Lipinski definition) is 3. The number of nitrogens with one attached hydrogen (secondary N) is 1. The molecule has 0 saturated heterocycles. The maximum Gasteiger partial charge on any atom is 0.138 e. The van der Waals surface area contributed by atoms with Crippen molar-refractivity contribution in [2.75, 3.05) is 19.7 Å². The van der Waals surface area contributed by atoms with Gasteiger partial charge in [0.2, 0.25) is 0 Å². The Morgan fingerprint density at radius 1 is 1.41 bits per heavy atom. The van der Waals surface area contributed by atoms with E-state index < -0.39 is 5.60 Å². The monoisotopic (exact) mass is 257 g/mol. The molecule has 0 amide bonds. The van der Waals surface area contributed by atoms with Gasteiger partial charge >= 0.3 is 0 Å². The van der Waals surface area contributed by atoms with Gasteiger partial charge in [-0.25, -0.2) is 0 Å². The van der Waals surface area contributed by atoms with Crippen molar-refractivity contribution in [3.05, 3.63) is 29.3 Å². The predicted octanol–water partition coefficient (Wildman–Crippen LogP) is 2.47. The number of aliphatic hydroxyl groups is 1. The van der Waals surface area contributed by atoms with Gasteiger partial charge in [0.15, 0.2) is 0 Å². The van der Waals surface area contributed by atoms with Gasteiger partial charge in [-0.15, -0.1) is 0 Å². The molecule has 0 fully saturated rings. The summed E-state index contributed by atoms with van der Waals surface area (Å²) in [5.74, 6) is 0.602. The summed E-state index contributed by atoms with van der Waals surface area (Å²) < 4.78 is 5.51. The Morgan fingerprint density at radius 2 is 2.12 bits per heavy atom. The standard InChI is InChI=1S/C13H20ClNO2/c1-3-8-15-9-13(2,16)10-17-12-7-5-4-6-11(12)14/h4-7,15-16H,3,8-10H2,1-2H3. The van der Waals surface area contributed by atoms with Crippen molar-refractivity contribution in [2.45, 2.75) is 25.9 Å². The summed E-state index contributed by atoms with van der Waals surface area (Å²) in [6.07, 6.45) is 1.04.